The van der Waals surface area contributed by atoms with Crippen LogP contribution in [0.4, 0.5) is 5.69 Å². The highest BCUT2D eigenvalue weighted by molar-refractivity contribution is 7.97. The van der Waals surface area contributed by atoms with Gasteiger partial charge < -0.3 is 14.7 Å². The lowest BCUT2D eigenvalue weighted by Gasteiger charge is -2.37. The first-order valence-corrected chi connectivity index (χ1v) is 10.8. The summed E-state index contributed by atoms with van der Waals surface area (Å²) in [6, 6.07) is 16.1. The van der Waals surface area contributed by atoms with Gasteiger partial charge in [-0.2, -0.15) is 0 Å². The molecule has 28 heavy (non-hydrogen) atoms. The van der Waals surface area contributed by atoms with Crippen molar-refractivity contribution in [2.75, 3.05) is 57.8 Å². The lowest BCUT2D eigenvalue weighted by Crippen LogP contribution is -2.47. The van der Waals surface area contributed by atoms with Crippen molar-refractivity contribution in [1.82, 2.24) is 9.21 Å². The summed E-state index contributed by atoms with van der Waals surface area (Å²) in [5.74, 6) is 0.330. The fourth-order valence-corrected chi connectivity index (χ4v) is 5.14. The number of phenolic OH excluding ortho intramolecular Hbond substituents is 1. The highest BCUT2D eigenvalue weighted by Crippen LogP contribution is 2.38. The van der Waals surface area contributed by atoms with Crippen molar-refractivity contribution < 1.29 is 9.84 Å². The maximum atomic E-state index is 9.45. The van der Waals surface area contributed by atoms with Crippen LogP contribution in [0.3, 0.4) is 0 Å². The van der Waals surface area contributed by atoms with Gasteiger partial charge in [0.1, 0.15) is 5.75 Å². The zero-order chi connectivity index (χ0) is 19.3. The number of anilines is 1. The smallest absolute Gasteiger partial charge is 0.115 e. The van der Waals surface area contributed by atoms with Gasteiger partial charge in [-0.3, -0.25) is 4.90 Å². The minimum absolute atomic E-state index is 0.173. The molecule has 6 heteroatoms. The van der Waals surface area contributed by atoms with Crippen LogP contribution in [0, 0.1) is 0 Å². The molecule has 150 valence electrons. The van der Waals surface area contributed by atoms with E-state index < -0.39 is 0 Å². The van der Waals surface area contributed by atoms with Crippen LogP contribution in [-0.2, 0) is 4.74 Å². The molecule has 0 saturated carbocycles. The van der Waals surface area contributed by atoms with E-state index in [0.717, 1.165) is 45.8 Å². The third kappa shape index (κ3) is 4.63. The minimum atomic E-state index is 0.173. The predicted molar refractivity (Wildman–Crippen MR) is 115 cm³/mol. The molecule has 2 aromatic carbocycles. The number of phenols is 1. The summed E-state index contributed by atoms with van der Waals surface area (Å²) < 4.78 is 8.17. The first-order valence-electron chi connectivity index (χ1n) is 10.0. The molecule has 5 nitrogen and oxygen atoms in total. The molecule has 2 aliphatic rings. The monoisotopic (exact) mass is 399 g/mol. The van der Waals surface area contributed by atoms with Gasteiger partial charge in [0.15, 0.2) is 0 Å². The molecule has 1 N–H and O–H groups in total. The third-order valence-electron chi connectivity index (χ3n) is 5.62. The van der Waals surface area contributed by atoms with Crippen LogP contribution in [0.25, 0.3) is 0 Å². The van der Waals surface area contributed by atoms with Crippen LogP contribution in [0.15, 0.2) is 53.4 Å². The topological polar surface area (TPSA) is 39.2 Å². The van der Waals surface area contributed by atoms with Crippen molar-refractivity contribution in [3.05, 3.63) is 54.1 Å². The number of hydrogen-bond acceptors (Lipinski definition) is 6. The van der Waals surface area contributed by atoms with Crippen molar-refractivity contribution in [2.45, 2.75) is 17.4 Å². The number of ether oxygens (including phenoxy) is 1. The van der Waals surface area contributed by atoms with Crippen molar-refractivity contribution in [3.8, 4) is 5.75 Å². The molecule has 0 bridgehead atoms. The Morgan fingerprint density at radius 1 is 1.00 bits per heavy atom. The summed E-state index contributed by atoms with van der Waals surface area (Å²) in [6.45, 7) is 7.45. The molecule has 4 rings (SSSR count). The van der Waals surface area contributed by atoms with E-state index in [-0.39, 0.29) is 6.10 Å². The van der Waals surface area contributed by atoms with Crippen LogP contribution in [-0.4, -0.2) is 67.2 Å². The molecule has 2 heterocycles. The molecule has 0 radical (unpaired) electrons. The Morgan fingerprint density at radius 3 is 2.50 bits per heavy atom. The Hall–Kier alpha value is -1.73. The standard InChI is InChI=1S/C22H29N3O2S/c1-27-21-17-25(28-22-6-3-2-5-20(21)22)12-4-11-23-13-15-24(16-14-23)18-7-9-19(26)10-8-18/h2-3,5-10,21,26H,4,11-17H2,1H3. The van der Waals surface area contributed by atoms with Crippen molar-refractivity contribution >= 4 is 17.6 Å². The van der Waals surface area contributed by atoms with Gasteiger partial charge in [-0.25, -0.2) is 4.31 Å². The fraction of sp³-hybridized carbons (Fsp3) is 0.455. The van der Waals surface area contributed by atoms with E-state index in [9.17, 15) is 5.11 Å². The van der Waals surface area contributed by atoms with Gasteiger partial charge in [0.05, 0.1) is 6.10 Å². The Labute approximate surface area is 172 Å². The second-order valence-electron chi connectivity index (χ2n) is 7.44. The third-order valence-corrected chi connectivity index (χ3v) is 6.77. The first-order chi connectivity index (χ1) is 13.7. The van der Waals surface area contributed by atoms with E-state index in [1.165, 1.54) is 22.6 Å². The summed E-state index contributed by atoms with van der Waals surface area (Å²) in [5, 5.41) is 9.45. The maximum absolute atomic E-state index is 9.45. The quantitative estimate of drug-likeness (QED) is 0.748. The Bertz CT molecular complexity index is 763. The maximum Gasteiger partial charge on any atom is 0.115 e. The average molecular weight is 400 g/mol. The number of aromatic hydroxyl groups is 1. The van der Waals surface area contributed by atoms with Gasteiger partial charge in [0.2, 0.25) is 0 Å². The van der Waals surface area contributed by atoms with Gasteiger partial charge in [-0.1, -0.05) is 18.2 Å². The summed E-state index contributed by atoms with van der Waals surface area (Å²) in [4.78, 5) is 6.28. The number of piperazine rings is 1. The molecule has 0 spiro atoms. The normalized spacial score (nSPS) is 20.9. The highest BCUT2D eigenvalue weighted by atomic mass is 32.2. The molecule has 2 aliphatic heterocycles. The van der Waals surface area contributed by atoms with Crippen LogP contribution in [0.2, 0.25) is 0 Å². The lowest BCUT2D eigenvalue weighted by molar-refractivity contribution is 0.0807. The SMILES string of the molecule is COC1CN(CCCN2CCN(c3ccc(O)cc3)CC2)Sc2ccccc21. The van der Waals surface area contributed by atoms with Crippen LogP contribution in [0.5, 0.6) is 5.75 Å². The van der Waals surface area contributed by atoms with E-state index in [1.807, 2.05) is 31.2 Å². The predicted octanol–water partition coefficient (Wildman–Crippen LogP) is 3.61. The highest BCUT2D eigenvalue weighted by Gasteiger charge is 2.25. The number of methoxy groups -OCH3 is 1. The number of benzene rings is 2. The van der Waals surface area contributed by atoms with Crippen LogP contribution >= 0.6 is 11.9 Å². The van der Waals surface area contributed by atoms with E-state index in [4.69, 9.17) is 4.74 Å². The zero-order valence-electron chi connectivity index (χ0n) is 16.5. The molecule has 0 aliphatic carbocycles. The van der Waals surface area contributed by atoms with E-state index in [0.29, 0.717) is 5.75 Å². The molecule has 1 atom stereocenters. The summed E-state index contributed by atoms with van der Waals surface area (Å²) in [6.07, 6.45) is 1.34. The molecule has 0 aromatic heterocycles. The van der Waals surface area contributed by atoms with E-state index >= 15 is 0 Å². The minimum Gasteiger partial charge on any atom is -0.508 e. The van der Waals surface area contributed by atoms with E-state index in [1.54, 1.807) is 12.1 Å². The van der Waals surface area contributed by atoms with Gasteiger partial charge in [0.25, 0.3) is 0 Å². The van der Waals surface area contributed by atoms with Crippen molar-refractivity contribution in [2.24, 2.45) is 0 Å². The van der Waals surface area contributed by atoms with Gasteiger partial charge in [-0.05, 0) is 60.8 Å². The lowest BCUT2D eigenvalue weighted by atomic mass is 10.1. The van der Waals surface area contributed by atoms with Crippen LogP contribution in [0.1, 0.15) is 18.1 Å². The molecule has 2 aromatic rings. The number of nitrogens with zero attached hydrogens (tertiary/aromatic N) is 3. The second-order valence-corrected chi connectivity index (χ2v) is 8.58. The average Bonchev–Trinajstić information content (AvgIpc) is 2.74. The molecule has 1 fully saturated rings. The molecular formula is C22H29N3O2S. The summed E-state index contributed by atoms with van der Waals surface area (Å²) in [7, 11) is 1.81. The van der Waals surface area contributed by atoms with Crippen molar-refractivity contribution in [1.29, 1.82) is 0 Å². The number of fused-ring (bicyclic) bond motifs is 1. The zero-order valence-corrected chi connectivity index (χ0v) is 17.3. The Morgan fingerprint density at radius 2 is 1.75 bits per heavy atom. The summed E-state index contributed by atoms with van der Waals surface area (Å²) in [5.41, 5.74) is 2.52. The van der Waals surface area contributed by atoms with Gasteiger partial charge >= 0.3 is 0 Å². The largest absolute Gasteiger partial charge is 0.508 e. The Balaban J connectivity index is 1.22. The van der Waals surface area contributed by atoms with Gasteiger partial charge in [-0.15, -0.1) is 0 Å². The molecule has 1 unspecified atom stereocenters. The Kier molecular flexibility index (Phi) is 6.42. The molecule has 1 saturated heterocycles. The summed E-state index contributed by atoms with van der Waals surface area (Å²) >= 11 is 1.87. The fourth-order valence-electron chi connectivity index (χ4n) is 3.99. The number of rotatable bonds is 6. The molecule has 0 amide bonds. The van der Waals surface area contributed by atoms with Crippen LogP contribution < -0.4 is 4.90 Å². The number of hydrogen-bond donors (Lipinski definition) is 1. The van der Waals surface area contributed by atoms with E-state index in [2.05, 4.69) is 38.4 Å². The second kappa shape index (κ2) is 9.18. The van der Waals surface area contributed by atoms with Gasteiger partial charge in [0, 0.05) is 57.0 Å². The van der Waals surface area contributed by atoms with Crippen molar-refractivity contribution in [3.63, 3.8) is 0 Å². The molecular weight excluding hydrogens is 370 g/mol. The first kappa shape index (κ1) is 19.6.